The number of hydrogen-bond donors (Lipinski definition) is 1. The van der Waals surface area contributed by atoms with Crippen molar-refractivity contribution in [3.05, 3.63) is 17.5 Å². The van der Waals surface area contributed by atoms with Crippen LogP contribution in [-0.2, 0) is 18.3 Å². The maximum atomic E-state index is 12.8. The number of hydrogen-bond acceptors (Lipinski definition) is 3. The zero-order valence-corrected chi connectivity index (χ0v) is 14.0. The van der Waals surface area contributed by atoms with Crippen molar-refractivity contribution in [1.82, 2.24) is 14.7 Å². The first-order valence-corrected chi connectivity index (χ1v) is 8.41. The first-order valence-electron chi connectivity index (χ1n) is 8.41. The Morgan fingerprint density at radius 2 is 2.04 bits per heavy atom. The normalized spacial score (nSPS) is 24.4. The van der Waals surface area contributed by atoms with Crippen LogP contribution in [0.25, 0.3) is 0 Å². The van der Waals surface area contributed by atoms with Crippen molar-refractivity contribution in [2.45, 2.75) is 33.1 Å². The lowest BCUT2D eigenvalue weighted by Crippen LogP contribution is -2.31. The highest BCUT2D eigenvalue weighted by Crippen LogP contribution is 2.44. The molecule has 1 aromatic heterocycles. The minimum absolute atomic E-state index is 0.0931. The monoisotopic (exact) mass is 319 g/mol. The molecule has 6 heteroatoms. The first kappa shape index (κ1) is 16.0. The van der Waals surface area contributed by atoms with Crippen LogP contribution >= 0.6 is 0 Å². The Bertz CT molecular complexity index is 619. The topological polar surface area (TPSA) is 75.4 Å². The van der Waals surface area contributed by atoms with Gasteiger partial charge in [-0.25, -0.2) is 0 Å². The maximum absolute atomic E-state index is 12.8. The van der Waals surface area contributed by atoms with Crippen LogP contribution in [0.4, 0.5) is 0 Å². The van der Waals surface area contributed by atoms with Crippen LogP contribution in [0.1, 0.15) is 42.9 Å². The third-order valence-corrected chi connectivity index (χ3v) is 4.96. The van der Waals surface area contributed by atoms with Crippen molar-refractivity contribution in [3.63, 3.8) is 0 Å². The summed E-state index contributed by atoms with van der Waals surface area (Å²) in [6.07, 6.45) is 3.03. The van der Waals surface area contributed by atoms with Crippen LogP contribution in [0.3, 0.4) is 0 Å². The van der Waals surface area contributed by atoms with Gasteiger partial charge in [-0.2, -0.15) is 5.10 Å². The molecule has 0 bridgehead atoms. The molecule has 1 saturated carbocycles. The van der Waals surface area contributed by atoms with E-state index in [1.165, 1.54) is 0 Å². The molecular formula is C17H25N3O3. The Kier molecular flexibility index (Phi) is 4.17. The van der Waals surface area contributed by atoms with Gasteiger partial charge in [-0.3, -0.25) is 14.3 Å². The first-order chi connectivity index (χ1) is 10.9. The predicted molar refractivity (Wildman–Crippen MR) is 85.0 cm³/mol. The van der Waals surface area contributed by atoms with E-state index in [-0.39, 0.29) is 11.8 Å². The summed E-state index contributed by atoms with van der Waals surface area (Å²) in [5.41, 5.74) is 1.47. The molecule has 1 aromatic rings. The number of carbonyl (C=O) groups excluding carboxylic acids is 1. The number of aliphatic carboxylic acids is 1. The van der Waals surface area contributed by atoms with Crippen molar-refractivity contribution in [2.24, 2.45) is 30.7 Å². The number of amides is 1. The minimum Gasteiger partial charge on any atom is -0.481 e. The van der Waals surface area contributed by atoms with E-state index >= 15 is 0 Å². The van der Waals surface area contributed by atoms with E-state index in [4.69, 9.17) is 0 Å². The van der Waals surface area contributed by atoms with Gasteiger partial charge in [0.05, 0.1) is 11.6 Å². The fourth-order valence-corrected chi connectivity index (χ4v) is 3.66. The van der Waals surface area contributed by atoms with Gasteiger partial charge < -0.3 is 10.0 Å². The molecule has 6 nitrogen and oxygen atoms in total. The highest BCUT2D eigenvalue weighted by atomic mass is 16.4. The largest absolute Gasteiger partial charge is 0.481 e. The quantitative estimate of drug-likeness (QED) is 0.898. The molecule has 1 amide bonds. The highest BCUT2D eigenvalue weighted by molar-refractivity contribution is 5.93. The van der Waals surface area contributed by atoms with Gasteiger partial charge in [0.1, 0.15) is 5.69 Å². The van der Waals surface area contributed by atoms with Gasteiger partial charge in [0.25, 0.3) is 5.91 Å². The summed E-state index contributed by atoms with van der Waals surface area (Å²) in [4.78, 5) is 26.0. The van der Waals surface area contributed by atoms with Crippen molar-refractivity contribution in [2.75, 3.05) is 13.1 Å². The van der Waals surface area contributed by atoms with Crippen LogP contribution in [0.2, 0.25) is 0 Å². The van der Waals surface area contributed by atoms with E-state index in [1.54, 1.807) is 16.6 Å². The molecule has 1 saturated heterocycles. The molecule has 2 fully saturated rings. The fourth-order valence-electron chi connectivity index (χ4n) is 3.66. The van der Waals surface area contributed by atoms with Crippen molar-refractivity contribution in [1.29, 1.82) is 0 Å². The van der Waals surface area contributed by atoms with Gasteiger partial charge >= 0.3 is 5.97 Å². The number of carboxylic acid groups (broad SMARTS) is 1. The Balaban J connectivity index is 1.75. The molecule has 1 N–H and O–H groups in total. The van der Waals surface area contributed by atoms with E-state index in [2.05, 4.69) is 18.9 Å². The van der Waals surface area contributed by atoms with Crippen molar-refractivity contribution < 1.29 is 14.7 Å². The van der Waals surface area contributed by atoms with Crippen LogP contribution in [0.5, 0.6) is 0 Å². The molecule has 23 heavy (non-hydrogen) atoms. The average molecular weight is 319 g/mol. The van der Waals surface area contributed by atoms with Crippen LogP contribution in [0.15, 0.2) is 6.07 Å². The molecule has 0 aromatic carbocycles. The molecule has 2 aliphatic rings. The number of aromatic nitrogens is 2. The molecule has 1 aliphatic carbocycles. The lowest BCUT2D eigenvalue weighted by atomic mass is 9.92. The summed E-state index contributed by atoms with van der Waals surface area (Å²) in [6, 6.07) is 1.85. The second-order valence-electron chi connectivity index (χ2n) is 7.40. The van der Waals surface area contributed by atoms with Gasteiger partial charge in [-0.1, -0.05) is 13.8 Å². The Labute approximate surface area is 136 Å². The van der Waals surface area contributed by atoms with Gasteiger partial charge in [-0.05, 0) is 43.1 Å². The van der Waals surface area contributed by atoms with Gasteiger partial charge in [-0.15, -0.1) is 0 Å². The molecule has 2 heterocycles. The molecule has 1 aliphatic heterocycles. The molecule has 0 unspecified atom stereocenters. The minimum atomic E-state index is -0.775. The van der Waals surface area contributed by atoms with Crippen LogP contribution in [0, 0.1) is 23.7 Å². The predicted octanol–water partition coefficient (Wildman–Crippen LogP) is 1.80. The third-order valence-electron chi connectivity index (χ3n) is 4.96. The lowest BCUT2D eigenvalue weighted by molar-refractivity contribution is -0.142. The standard InChI is InChI=1S/C17H25N3O3/c1-10(2)6-12-7-15(19(3)18-12)16(21)20-8-13(11-4-5-11)14(9-20)17(22)23/h7,10-11,13-14H,4-6,8-9H2,1-3H3,(H,22,23)/t13-,14+/m1/s1. The lowest BCUT2D eigenvalue weighted by Gasteiger charge is -2.16. The number of nitrogens with zero attached hydrogens (tertiary/aromatic N) is 3. The summed E-state index contributed by atoms with van der Waals surface area (Å²) in [5.74, 6) is -0.214. The van der Waals surface area contributed by atoms with Gasteiger partial charge in [0.2, 0.25) is 0 Å². The summed E-state index contributed by atoms with van der Waals surface area (Å²) >= 11 is 0. The number of likely N-dealkylation sites (tertiary alicyclic amines) is 1. The zero-order valence-electron chi connectivity index (χ0n) is 14.0. The molecule has 126 valence electrons. The van der Waals surface area contributed by atoms with E-state index < -0.39 is 11.9 Å². The number of carbonyl (C=O) groups is 2. The van der Waals surface area contributed by atoms with Gasteiger partial charge in [0, 0.05) is 20.1 Å². The molecule has 3 rings (SSSR count). The molecule has 0 spiro atoms. The number of rotatable bonds is 5. The summed E-state index contributed by atoms with van der Waals surface area (Å²) in [5, 5.41) is 13.8. The summed E-state index contributed by atoms with van der Waals surface area (Å²) in [7, 11) is 1.78. The fraction of sp³-hybridized carbons (Fsp3) is 0.706. The van der Waals surface area contributed by atoms with Crippen molar-refractivity contribution in [3.8, 4) is 0 Å². The Hall–Kier alpha value is -1.85. The second kappa shape index (κ2) is 5.98. The number of aryl methyl sites for hydroxylation is 1. The van der Waals surface area contributed by atoms with Crippen LogP contribution < -0.4 is 0 Å². The van der Waals surface area contributed by atoms with Gasteiger partial charge in [0.15, 0.2) is 0 Å². The summed E-state index contributed by atoms with van der Waals surface area (Å²) < 4.78 is 1.63. The van der Waals surface area contributed by atoms with Crippen LogP contribution in [-0.4, -0.2) is 44.8 Å². The van der Waals surface area contributed by atoms with E-state index in [0.29, 0.717) is 30.6 Å². The Morgan fingerprint density at radius 3 is 2.61 bits per heavy atom. The van der Waals surface area contributed by atoms with E-state index in [1.807, 2.05) is 6.07 Å². The van der Waals surface area contributed by atoms with Crippen molar-refractivity contribution >= 4 is 11.9 Å². The zero-order chi connectivity index (χ0) is 16.7. The molecular weight excluding hydrogens is 294 g/mol. The Morgan fingerprint density at radius 1 is 1.35 bits per heavy atom. The van der Waals surface area contributed by atoms with E-state index in [0.717, 1.165) is 25.0 Å². The summed E-state index contributed by atoms with van der Waals surface area (Å²) in [6.45, 7) is 5.12. The second-order valence-corrected chi connectivity index (χ2v) is 7.40. The van der Waals surface area contributed by atoms with E-state index in [9.17, 15) is 14.7 Å². The highest BCUT2D eigenvalue weighted by Gasteiger charge is 2.47. The maximum Gasteiger partial charge on any atom is 0.308 e. The SMILES string of the molecule is CC(C)Cc1cc(C(=O)N2C[C@H](C(=O)O)[C@@H](C3CC3)C2)n(C)n1. The third kappa shape index (κ3) is 3.26. The molecule has 2 atom stereocenters. The smallest absolute Gasteiger partial charge is 0.308 e. The number of carboxylic acids is 1. The molecule has 0 radical (unpaired) electrons. The average Bonchev–Trinajstić information content (AvgIpc) is 3.10.